The maximum Gasteiger partial charge on any atom is 0.395 e. The molecule has 0 radical (unpaired) electrons. The molecule has 1 N–H and O–H groups in total. The normalized spacial score (nSPS) is 10.1. The fourth-order valence-electron chi connectivity index (χ4n) is 2.25. The molecule has 25 heavy (non-hydrogen) atoms. The molecule has 0 bridgehead atoms. The lowest BCUT2D eigenvalue weighted by atomic mass is 9.81. The largest absolute Gasteiger partial charge is 0.487 e. The van der Waals surface area contributed by atoms with E-state index in [1.807, 2.05) is 48.5 Å². The van der Waals surface area contributed by atoms with Gasteiger partial charge in [0.05, 0.1) is 5.69 Å². The lowest BCUT2D eigenvalue weighted by Crippen LogP contribution is -2.43. The molecule has 0 unspecified atom stereocenters. The summed E-state index contributed by atoms with van der Waals surface area (Å²) in [7, 11) is 0. The fraction of sp³-hybridized carbons (Fsp3) is 0.0526. The van der Waals surface area contributed by atoms with Crippen LogP contribution in [0.4, 0.5) is 0 Å². The van der Waals surface area contributed by atoms with Crippen molar-refractivity contribution in [3.8, 4) is 5.75 Å². The Labute approximate surface area is 151 Å². The average Bonchev–Trinajstić information content (AvgIpc) is 2.68. The first-order chi connectivity index (χ1) is 12.2. The predicted octanol–water partition coefficient (Wildman–Crippen LogP) is 3.02. The Morgan fingerprint density at radius 3 is 2.40 bits per heavy atom. The van der Waals surface area contributed by atoms with E-state index in [1.54, 1.807) is 30.5 Å². The second kappa shape index (κ2) is 8.35. The summed E-state index contributed by atoms with van der Waals surface area (Å²) in [5, 5.41) is 2.77. The van der Waals surface area contributed by atoms with E-state index in [4.69, 9.17) is 16.2 Å². The Kier molecular flexibility index (Phi) is 5.70. The number of pyridine rings is 1. The molecule has 2 aromatic carbocycles. The zero-order chi connectivity index (χ0) is 17.5. The summed E-state index contributed by atoms with van der Waals surface area (Å²) in [6.07, 6.45) is 1.15. The number of amides is 1. The van der Waals surface area contributed by atoms with Gasteiger partial charge in [-0.1, -0.05) is 36.4 Å². The Bertz CT molecular complexity index is 814. The zero-order valence-corrected chi connectivity index (χ0v) is 14.2. The molecule has 0 saturated heterocycles. The third-order valence-corrected chi connectivity index (χ3v) is 3.94. The van der Waals surface area contributed by atoms with Crippen LogP contribution in [0.25, 0.3) is 0 Å². The SMILES string of the molecule is O=C(NB(Cl)c1ccccc1)c1ccc(OCc2ccccn2)cc1. The first-order valence-corrected chi connectivity index (χ1v) is 8.29. The topological polar surface area (TPSA) is 51.2 Å². The summed E-state index contributed by atoms with van der Waals surface area (Å²) in [6, 6.07) is 22.0. The highest BCUT2D eigenvalue weighted by atomic mass is 35.5. The molecule has 4 nitrogen and oxygen atoms in total. The number of nitrogens with one attached hydrogen (secondary N) is 1. The van der Waals surface area contributed by atoms with Gasteiger partial charge in [0.15, 0.2) is 0 Å². The first-order valence-electron chi connectivity index (χ1n) is 7.85. The number of halogens is 1. The van der Waals surface area contributed by atoms with Crippen molar-refractivity contribution in [3.05, 3.63) is 90.3 Å². The van der Waals surface area contributed by atoms with Crippen molar-refractivity contribution in [1.82, 2.24) is 10.2 Å². The second-order valence-corrected chi connectivity index (χ2v) is 5.82. The van der Waals surface area contributed by atoms with E-state index in [1.165, 1.54) is 0 Å². The molecule has 0 spiro atoms. The van der Waals surface area contributed by atoms with Crippen molar-refractivity contribution in [2.45, 2.75) is 6.61 Å². The molecule has 0 fully saturated rings. The first kappa shape index (κ1) is 17.1. The van der Waals surface area contributed by atoms with Crippen molar-refractivity contribution in [1.29, 1.82) is 0 Å². The molecule has 0 aliphatic rings. The van der Waals surface area contributed by atoms with Crippen LogP contribution in [0.1, 0.15) is 16.1 Å². The van der Waals surface area contributed by atoms with Crippen LogP contribution in [0.2, 0.25) is 0 Å². The number of carbonyl (C=O) groups is 1. The molecule has 1 amide bonds. The monoisotopic (exact) mass is 350 g/mol. The van der Waals surface area contributed by atoms with Crippen LogP contribution >= 0.6 is 11.5 Å². The van der Waals surface area contributed by atoms with Gasteiger partial charge in [-0.2, -0.15) is 11.5 Å². The van der Waals surface area contributed by atoms with Gasteiger partial charge < -0.3 is 9.96 Å². The summed E-state index contributed by atoms with van der Waals surface area (Å²) in [5.74, 6) is 0.438. The van der Waals surface area contributed by atoms with E-state index in [0.717, 1.165) is 11.2 Å². The standard InChI is InChI=1S/C19H16BClN2O2/c21-20(16-6-2-1-3-7-16)23-19(24)15-9-11-18(12-10-15)25-14-17-8-4-5-13-22-17/h1-13H,14H2,(H,23,24). The lowest BCUT2D eigenvalue weighted by molar-refractivity contribution is 0.0980. The van der Waals surface area contributed by atoms with E-state index >= 15 is 0 Å². The van der Waals surface area contributed by atoms with E-state index < -0.39 is 6.26 Å². The third-order valence-electron chi connectivity index (χ3n) is 3.58. The van der Waals surface area contributed by atoms with Gasteiger partial charge in [0.2, 0.25) is 5.91 Å². The maximum absolute atomic E-state index is 12.3. The van der Waals surface area contributed by atoms with Crippen LogP contribution in [-0.4, -0.2) is 17.2 Å². The summed E-state index contributed by atoms with van der Waals surface area (Å²) in [6.45, 7) is 0.379. The van der Waals surface area contributed by atoms with Crippen LogP contribution in [0, 0.1) is 0 Å². The maximum atomic E-state index is 12.3. The fourth-order valence-corrected chi connectivity index (χ4v) is 2.49. The van der Waals surface area contributed by atoms with E-state index in [9.17, 15) is 4.79 Å². The predicted molar refractivity (Wildman–Crippen MR) is 100 cm³/mol. The quantitative estimate of drug-likeness (QED) is 0.695. The Morgan fingerprint density at radius 1 is 1.00 bits per heavy atom. The summed E-state index contributed by atoms with van der Waals surface area (Å²) >= 11 is 6.24. The van der Waals surface area contributed by atoms with Crippen molar-refractivity contribution in [3.63, 3.8) is 0 Å². The number of carbonyl (C=O) groups excluding carboxylic acids is 1. The number of aromatic nitrogens is 1. The number of ether oxygens (including phenoxy) is 1. The molecular weight excluding hydrogens is 334 g/mol. The number of nitrogens with zero attached hydrogens (tertiary/aromatic N) is 1. The molecule has 0 atom stereocenters. The van der Waals surface area contributed by atoms with Crippen molar-refractivity contribution in [2.75, 3.05) is 0 Å². The molecule has 0 saturated carbocycles. The molecule has 1 aromatic heterocycles. The number of rotatable bonds is 6. The van der Waals surface area contributed by atoms with E-state index in [0.29, 0.717) is 17.9 Å². The number of hydrogen-bond acceptors (Lipinski definition) is 3. The Hall–Kier alpha value is -2.79. The van der Waals surface area contributed by atoms with Crippen LogP contribution in [0.3, 0.4) is 0 Å². The van der Waals surface area contributed by atoms with Gasteiger partial charge in [0.1, 0.15) is 12.4 Å². The highest BCUT2D eigenvalue weighted by Gasteiger charge is 2.17. The molecule has 6 heteroatoms. The molecule has 3 rings (SSSR count). The average molecular weight is 351 g/mol. The van der Waals surface area contributed by atoms with Gasteiger partial charge in [-0.3, -0.25) is 9.78 Å². The van der Waals surface area contributed by atoms with Crippen LogP contribution in [-0.2, 0) is 6.61 Å². The van der Waals surface area contributed by atoms with Crippen LogP contribution in [0.15, 0.2) is 79.0 Å². The smallest absolute Gasteiger partial charge is 0.395 e. The van der Waals surface area contributed by atoms with E-state index in [2.05, 4.69) is 10.2 Å². The molecular formula is C19H16BClN2O2. The highest BCUT2D eigenvalue weighted by Crippen LogP contribution is 2.14. The van der Waals surface area contributed by atoms with Gasteiger partial charge in [-0.25, -0.2) is 0 Å². The molecule has 124 valence electrons. The molecule has 0 aliphatic carbocycles. The number of hydrogen-bond donors (Lipinski definition) is 1. The van der Waals surface area contributed by atoms with Crippen molar-refractivity contribution in [2.24, 2.45) is 0 Å². The second-order valence-electron chi connectivity index (χ2n) is 5.38. The van der Waals surface area contributed by atoms with Gasteiger partial charge in [-0.15, -0.1) is 0 Å². The van der Waals surface area contributed by atoms with Crippen LogP contribution < -0.4 is 15.4 Å². The summed E-state index contributed by atoms with van der Waals surface area (Å²) in [4.78, 5) is 16.5. The van der Waals surface area contributed by atoms with E-state index in [-0.39, 0.29) is 5.91 Å². The molecule has 1 heterocycles. The molecule has 0 aliphatic heterocycles. The minimum absolute atomic E-state index is 0.236. The Balaban J connectivity index is 1.57. The summed E-state index contributed by atoms with van der Waals surface area (Å²) in [5.41, 5.74) is 2.21. The van der Waals surface area contributed by atoms with Gasteiger partial charge >= 0.3 is 6.26 Å². The molecule has 3 aromatic rings. The van der Waals surface area contributed by atoms with Crippen LogP contribution in [0.5, 0.6) is 5.75 Å². The van der Waals surface area contributed by atoms with Gasteiger partial charge in [0, 0.05) is 11.8 Å². The zero-order valence-electron chi connectivity index (χ0n) is 13.4. The minimum Gasteiger partial charge on any atom is -0.487 e. The minimum atomic E-state index is -0.575. The lowest BCUT2D eigenvalue weighted by Gasteiger charge is -2.10. The van der Waals surface area contributed by atoms with Crippen molar-refractivity contribution >= 4 is 29.1 Å². The highest BCUT2D eigenvalue weighted by molar-refractivity contribution is 7.13. The van der Waals surface area contributed by atoms with Gasteiger partial charge in [-0.05, 0) is 41.9 Å². The summed E-state index contributed by atoms with van der Waals surface area (Å²) < 4.78 is 5.66. The van der Waals surface area contributed by atoms with Gasteiger partial charge in [0.25, 0.3) is 0 Å². The third kappa shape index (κ3) is 4.84. The Morgan fingerprint density at radius 2 is 1.72 bits per heavy atom. The number of benzene rings is 2. The van der Waals surface area contributed by atoms with Crippen molar-refractivity contribution < 1.29 is 9.53 Å².